The van der Waals surface area contributed by atoms with Gasteiger partial charge in [0.05, 0.1) is 11.6 Å². The molecule has 0 spiro atoms. The Bertz CT molecular complexity index is 1360. The number of nitrogens with one attached hydrogen (secondary N) is 1. The lowest BCUT2D eigenvalue weighted by atomic mass is 10.1. The van der Waals surface area contributed by atoms with Gasteiger partial charge in [0.1, 0.15) is 12.4 Å². The molecule has 8 heteroatoms. The minimum Gasteiger partial charge on any atom is -0.354 e. The number of nitrogens with zero attached hydrogens (tertiary/aromatic N) is 3. The van der Waals surface area contributed by atoms with E-state index < -0.39 is 0 Å². The van der Waals surface area contributed by atoms with Crippen LogP contribution in [0.3, 0.4) is 0 Å². The van der Waals surface area contributed by atoms with Gasteiger partial charge in [0.25, 0.3) is 5.56 Å². The van der Waals surface area contributed by atoms with Crippen molar-refractivity contribution in [3.8, 4) is 0 Å². The van der Waals surface area contributed by atoms with Crippen LogP contribution in [0.5, 0.6) is 0 Å². The molecule has 0 radical (unpaired) electrons. The molecule has 2 aromatic carbocycles. The fourth-order valence-electron chi connectivity index (χ4n) is 3.96. The molecule has 1 N–H and O–H groups in total. The molecule has 2 aromatic heterocycles. The fraction of sp³-hybridized carbons (Fsp3) is 0.240. The third-order valence-corrected chi connectivity index (χ3v) is 6.05. The van der Waals surface area contributed by atoms with Gasteiger partial charge in [-0.05, 0) is 55.7 Å². The number of rotatable bonds is 7. The molecule has 0 aliphatic rings. The lowest BCUT2D eigenvalue weighted by Crippen LogP contribution is -2.34. The van der Waals surface area contributed by atoms with E-state index >= 15 is 0 Å². The number of fused-ring (bicyclic) bond motifs is 1. The smallest absolute Gasteiger partial charge is 0.276 e. The van der Waals surface area contributed by atoms with Crippen LogP contribution in [-0.4, -0.2) is 26.8 Å². The molecule has 2 heterocycles. The summed E-state index contributed by atoms with van der Waals surface area (Å²) in [5, 5.41) is 9.01. The molecule has 0 unspecified atom stereocenters. The zero-order valence-electron chi connectivity index (χ0n) is 18.4. The van der Waals surface area contributed by atoms with Crippen LogP contribution in [0.15, 0.2) is 59.5 Å². The summed E-state index contributed by atoms with van der Waals surface area (Å²) in [6, 6.07) is 13.7. The van der Waals surface area contributed by atoms with E-state index in [9.17, 15) is 14.0 Å². The Morgan fingerprint density at radius 2 is 1.70 bits per heavy atom. The number of aromatic nitrogens is 3. The number of amides is 1. The van der Waals surface area contributed by atoms with Crippen LogP contribution in [0.1, 0.15) is 22.5 Å². The highest BCUT2D eigenvalue weighted by molar-refractivity contribution is 6.30. The third kappa shape index (κ3) is 4.98. The summed E-state index contributed by atoms with van der Waals surface area (Å²) < 4.78 is 16.4. The van der Waals surface area contributed by atoms with Crippen molar-refractivity contribution in [3.63, 3.8) is 0 Å². The minimum absolute atomic E-state index is 0.156. The zero-order valence-corrected chi connectivity index (χ0v) is 19.2. The van der Waals surface area contributed by atoms with Gasteiger partial charge in [-0.25, -0.2) is 9.07 Å². The van der Waals surface area contributed by atoms with Gasteiger partial charge < -0.3 is 9.88 Å². The van der Waals surface area contributed by atoms with Crippen molar-refractivity contribution in [1.29, 1.82) is 0 Å². The number of benzene rings is 2. The van der Waals surface area contributed by atoms with Gasteiger partial charge in [-0.1, -0.05) is 35.9 Å². The number of hydrogen-bond acceptors (Lipinski definition) is 3. The van der Waals surface area contributed by atoms with Crippen LogP contribution >= 0.6 is 11.6 Å². The van der Waals surface area contributed by atoms with Gasteiger partial charge in [-0.3, -0.25) is 9.59 Å². The first-order valence-corrected chi connectivity index (χ1v) is 11.0. The molecular weight excluding hydrogens is 443 g/mol. The van der Waals surface area contributed by atoms with E-state index in [1.165, 1.54) is 16.8 Å². The Hall–Kier alpha value is -3.45. The standard InChI is InChI=1S/C25H24ClFN4O2/c1-16-22-13-29-31(15-23(32)28-12-11-18-3-7-20(26)8-4-18)25(33)24(22)17(2)30(16)14-19-5-9-21(27)10-6-19/h3-10,13H,11-12,14-15H2,1-2H3,(H,28,32). The van der Waals surface area contributed by atoms with Crippen LogP contribution in [-0.2, 0) is 24.3 Å². The first-order valence-electron chi connectivity index (χ1n) is 10.6. The highest BCUT2D eigenvalue weighted by atomic mass is 35.5. The van der Waals surface area contributed by atoms with Gasteiger partial charge in [-0.15, -0.1) is 0 Å². The van der Waals surface area contributed by atoms with E-state index in [-0.39, 0.29) is 23.8 Å². The van der Waals surface area contributed by atoms with E-state index in [2.05, 4.69) is 10.4 Å². The van der Waals surface area contributed by atoms with E-state index in [1.807, 2.05) is 42.7 Å². The summed E-state index contributed by atoms with van der Waals surface area (Å²) in [7, 11) is 0. The summed E-state index contributed by atoms with van der Waals surface area (Å²) in [6.45, 7) is 4.60. The van der Waals surface area contributed by atoms with Crippen molar-refractivity contribution in [3.05, 3.63) is 98.4 Å². The van der Waals surface area contributed by atoms with Gasteiger partial charge in [0.2, 0.25) is 5.91 Å². The first-order chi connectivity index (χ1) is 15.8. The predicted octanol–water partition coefficient (Wildman–Crippen LogP) is 4.01. The predicted molar refractivity (Wildman–Crippen MR) is 127 cm³/mol. The van der Waals surface area contributed by atoms with Gasteiger partial charge in [-0.2, -0.15) is 5.10 Å². The maximum atomic E-state index is 13.2. The third-order valence-electron chi connectivity index (χ3n) is 5.80. The van der Waals surface area contributed by atoms with Gasteiger partial charge >= 0.3 is 0 Å². The first kappa shape index (κ1) is 22.7. The van der Waals surface area contributed by atoms with Gasteiger partial charge in [0.15, 0.2) is 0 Å². The van der Waals surface area contributed by atoms with Crippen LogP contribution in [0.25, 0.3) is 10.8 Å². The summed E-state index contributed by atoms with van der Waals surface area (Å²) in [5.41, 5.74) is 3.37. The Labute approximate surface area is 195 Å². The van der Waals surface area contributed by atoms with E-state index in [4.69, 9.17) is 11.6 Å². The number of carbonyl (C=O) groups is 1. The second-order valence-electron chi connectivity index (χ2n) is 8.01. The van der Waals surface area contributed by atoms with E-state index in [1.54, 1.807) is 18.3 Å². The van der Waals surface area contributed by atoms with Gasteiger partial charge in [0, 0.05) is 34.9 Å². The van der Waals surface area contributed by atoms with Crippen molar-refractivity contribution in [1.82, 2.24) is 19.7 Å². The SMILES string of the molecule is Cc1c2cnn(CC(=O)NCCc3ccc(Cl)cc3)c(=O)c2c(C)n1Cc1ccc(F)cc1. The number of halogens is 2. The average Bonchev–Trinajstić information content (AvgIpc) is 3.03. The molecule has 4 aromatic rings. The Morgan fingerprint density at radius 1 is 1.03 bits per heavy atom. The average molecular weight is 467 g/mol. The topological polar surface area (TPSA) is 68.9 Å². The molecule has 33 heavy (non-hydrogen) atoms. The zero-order chi connectivity index (χ0) is 23.5. The number of hydrogen-bond donors (Lipinski definition) is 1. The number of aryl methyl sites for hydroxylation is 2. The Morgan fingerprint density at radius 3 is 2.39 bits per heavy atom. The molecule has 0 saturated carbocycles. The Kier molecular flexibility index (Phi) is 6.60. The molecule has 0 atom stereocenters. The molecule has 170 valence electrons. The summed E-state index contributed by atoms with van der Waals surface area (Å²) in [4.78, 5) is 25.5. The number of carbonyl (C=O) groups excluding carboxylic acids is 1. The largest absolute Gasteiger partial charge is 0.354 e. The summed E-state index contributed by atoms with van der Waals surface area (Å²) >= 11 is 5.89. The fourth-order valence-corrected chi connectivity index (χ4v) is 4.08. The van der Waals surface area contributed by atoms with Crippen LogP contribution in [0.2, 0.25) is 5.02 Å². The molecule has 0 bridgehead atoms. The van der Waals surface area contributed by atoms with Crippen molar-refractivity contribution in [2.24, 2.45) is 0 Å². The summed E-state index contributed by atoms with van der Waals surface area (Å²) in [5.74, 6) is -0.568. The van der Waals surface area contributed by atoms with Crippen molar-refractivity contribution in [2.45, 2.75) is 33.4 Å². The molecule has 4 rings (SSSR count). The summed E-state index contributed by atoms with van der Waals surface area (Å²) in [6.07, 6.45) is 2.29. The molecule has 0 saturated heterocycles. The molecular formula is C25H24ClFN4O2. The quantitative estimate of drug-likeness (QED) is 0.447. The van der Waals surface area contributed by atoms with Crippen molar-refractivity contribution >= 4 is 28.3 Å². The van der Waals surface area contributed by atoms with Crippen LogP contribution in [0, 0.1) is 19.7 Å². The molecule has 6 nitrogen and oxygen atoms in total. The lowest BCUT2D eigenvalue weighted by Gasteiger charge is -2.09. The maximum absolute atomic E-state index is 13.2. The molecule has 1 amide bonds. The van der Waals surface area contributed by atoms with E-state index in [0.29, 0.717) is 29.9 Å². The lowest BCUT2D eigenvalue weighted by molar-refractivity contribution is -0.121. The van der Waals surface area contributed by atoms with Crippen molar-refractivity contribution in [2.75, 3.05) is 6.54 Å². The molecule has 0 aliphatic heterocycles. The Balaban J connectivity index is 1.49. The highest BCUT2D eigenvalue weighted by Gasteiger charge is 2.17. The molecule has 0 fully saturated rings. The second-order valence-corrected chi connectivity index (χ2v) is 8.44. The normalized spacial score (nSPS) is 11.2. The van der Waals surface area contributed by atoms with E-state index in [0.717, 1.165) is 27.9 Å². The van der Waals surface area contributed by atoms with Crippen molar-refractivity contribution < 1.29 is 9.18 Å². The highest BCUT2D eigenvalue weighted by Crippen LogP contribution is 2.23. The second kappa shape index (κ2) is 9.58. The van der Waals surface area contributed by atoms with Crippen LogP contribution < -0.4 is 10.9 Å². The minimum atomic E-state index is -0.307. The van der Waals surface area contributed by atoms with Crippen LogP contribution in [0.4, 0.5) is 4.39 Å². The molecule has 0 aliphatic carbocycles. The monoisotopic (exact) mass is 466 g/mol. The maximum Gasteiger partial charge on any atom is 0.276 e.